The number of alkyl halides is 3. The standard InChI is InChI=1S/C20H16F5N5O2/c1-11(12-6-13(21)8-14(22)7-12)28-19-27-5-2-15(30-19)18(31)29-16-9-26-4-3-17(16)32-10-20(23,24)25/h2-9,11H,10H2,1H3,(H,29,31)(H,27,28,30). The Bertz CT molecular complexity index is 1090. The molecule has 0 aliphatic heterocycles. The first kappa shape index (κ1) is 22.8. The number of amides is 1. The fourth-order valence-electron chi connectivity index (χ4n) is 2.60. The molecule has 1 unspecified atom stereocenters. The Hall–Kier alpha value is -3.83. The first-order valence-electron chi connectivity index (χ1n) is 9.11. The van der Waals surface area contributed by atoms with E-state index in [2.05, 4.69) is 25.6 Å². The molecule has 168 valence electrons. The van der Waals surface area contributed by atoms with Gasteiger partial charge in [0, 0.05) is 24.5 Å². The van der Waals surface area contributed by atoms with Crippen LogP contribution in [0.4, 0.5) is 33.6 Å². The minimum absolute atomic E-state index is 0.00505. The molecule has 32 heavy (non-hydrogen) atoms. The molecule has 0 aliphatic rings. The molecule has 3 rings (SSSR count). The minimum Gasteiger partial charge on any atom is -0.482 e. The van der Waals surface area contributed by atoms with Crippen LogP contribution < -0.4 is 15.4 Å². The molecule has 7 nitrogen and oxygen atoms in total. The summed E-state index contributed by atoms with van der Waals surface area (Å²) < 4.78 is 68.8. The van der Waals surface area contributed by atoms with Crippen LogP contribution in [0.2, 0.25) is 0 Å². The van der Waals surface area contributed by atoms with Crippen molar-refractivity contribution >= 4 is 17.5 Å². The second-order valence-electron chi connectivity index (χ2n) is 6.56. The third kappa shape index (κ3) is 6.33. The summed E-state index contributed by atoms with van der Waals surface area (Å²) in [5.74, 6) is -2.48. The monoisotopic (exact) mass is 453 g/mol. The number of carbonyl (C=O) groups excluding carboxylic acids is 1. The highest BCUT2D eigenvalue weighted by molar-refractivity contribution is 6.03. The van der Waals surface area contributed by atoms with Gasteiger partial charge < -0.3 is 15.4 Å². The number of ether oxygens (including phenoxy) is 1. The zero-order chi connectivity index (χ0) is 23.3. The molecule has 3 aromatic rings. The smallest absolute Gasteiger partial charge is 0.422 e. The van der Waals surface area contributed by atoms with E-state index in [0.717, 1.165) is 24.4 Å². The molecule has 1 amide bonds. The molecule has 0 bridgehead atoms. The summed E-state index contributed by atoms with van der Waals surface area (Å²) in [5.41, 5.74) is 0.0898. The number of anilines is 2. The van der Waals surface area contributed by atoms with Gasteiger partial charge in [0.15, 0.2) is 6.61 Å². The maximum atomic E-state index is 13.4. The van der Waals surface area contributed by atoms with Gasteiger partial charge in [0.05, 0.1) is 12.2 Å². The Balaban J connectivity index is 1.72. The first-order chi connectivity index (χ1) is 15.1. The predicted octanol–water partition coefficient (Wildman–Crippen LogP) is 4.52. The molecule has 2 N–H and O–H groups in total. The predicted molar refractivity (Wildman–Crippen MR) is 104 cm³/mol. The van der Waals surface area contributed by atoms with Crippen LogP contribution in [0, 0.1) is 11.6 Å². The lowest BCUT2D eigenvalue weighted by Crippen LogP contribution is -2.21. The Morgan fingerprint density at radius 2 is 1.84 bits per heavy atom. The highest BCUT2D eigenvalue weighted by atomic mass is 19.4. The maximum absolute atomic E-state index is 13.4. The highest BCUT2D eigenvalue weighted by Crippen LogP contribution is 2.26. The molecule has 0 saturated carbocycles. The summed E-state index contributed by atoms with van der Waals surface area (Å²) in [5, 5.41) is 5.20. The van der Waals surface area contributed by atoms with E-state index in [4.69, 9.17) is 4.74 Å². The summed E-state index contributed by atoms with van der Waals surface area (Å²) in [6, 6.07) is 4.88. The second-order valence-corrected chi connectivity index (χ2v) is 6.56. The van der Waals surface area contributed by atoms with Crippen molar-refractivity contribution in [1.29, 1.82) is 0 Å². The fourth-order valence-corrected chi connectivity index (χ4v) is 2.60. The van der Waals surface area contributed by atoms with E-state index in [0.29, 0.717) is 5.56 Å². The normalized spacial score (nSPS) is 12.2. The van der Waals surface area contributed by atoms with Gasteiger partial charge in [0.25, 0.3) is 5.91 Å². The Morgan fingerprint density at radius 3 is 2.53 bits per heavy atom. The second kappa shape index (κ2) is 9.54. The van der Waals surface area contributed by atoms with Gasteiger partial charge >= 0.3 is 6.18 Å². The zero-order valence-corrected chi connectivity index (χ0v) is 16.5. The van der Waals surface area contributed by atoms with Crippen molar-refractivity contribution in [3.8, 4) is 5.75 Å². The molecule has 0 spiro atoms. The molecular formula is C20H16F5N5O2. The van der Waals surface area contributed by atoms with Crippen LogP contribution in [-0.2, 0) is 0 Å². The van der Waals surface area contributed by atoms with Crippen LogP contribution in [0.5, 0.6) is 5.75 Å². The van der Waals surface area contributed by atoms with Crippen LogP contribution >= 0.6 is 0 Å². The SMILES string of the molecule is CC(Nc1nccc(C(=O)Nc2cnccc2OCC(F)(F)F)n1)c1cc(F)cc(F)c1. The van der Waals surface area contributed by atoms with Crippen LogP contribution in [-0.4, -0.2) is 33.6 Å². The number of rotatable bonds is 7. The lowest BCUT2D eigenvalue weighted by Gasteiger charge is -2.15. The van der Waals surface area contributed by atoms with Crippen molar-refractivity contribution in [3.05, 3.63) is 71.8 Å². The molecule has 12 heteroatoms. The number of benzene rings is 1. The lowest BCUT2D eigenvalue weighted by atomic mass is 10.1. The molecule has 2 aromatic heterocycles. The summed E-state index contributed by atoms with van der Waals surface area (Å²) >= 11 is 0. The van der Waals surface area contributed by atoms with Crippen LogP contribution in [0.1, 0.15) is 29.0 Å². The number of pyridine rings is 1. The maximum Gasteiger partial charge on any atom is 0.422 e. The van der Waals surface area contributed by atoms with Crippen LogP contribution in [0.15, 0.2) is 48.9 Å². The summed E-state index contributed by atoms with van der Waals surface area (Å²) in [6.07, 6.45) is -0.943. The van der Waals surface area contributed by atoms with Gasteiger partial charge in [0.1, 0.15) is 28.8 Å². The van der Waals surface area contributed by atoms with Gasteiger partial charge in [-0.2, -0.15) is 13.2 Å². The number of nitrogens with zero attached hydrogens (tertiary/aromatic N) is 3. The zero-order valence-electron chi connectivity index (χ0n) is 16.5. The van der Waals surface area contributed by atoms with E-state index in [9.17, 15) is 26.7 Å². The van der Waals surface area contributed by atoms with E-state index in [-0.39, 0.29) is 23.1 Å². The first-order valence-corrected chi connectivity index (χ1v) is 9.11. The molecule has 0 radical (unpaired) electrons. The van der Waals surface area contributed by atoms with Gasteiger partial charge in [-0.05, 0) is 30.7 Å². The van der Waals surface area contributed by atoms with Gasteiger partial charge in [-0.1, -0.05) is 0 Å². The van der Waals surface area contributed by atoms with E-state index < -0.39 is 36.4 Å². The number of aromatic nitrogens is 3. The Labute approximate surface area is 178 Å². The number of carbonyl (C=O) groups is 1. The van der Waals surface area contributed by atoms with E-state index >= 15 is 0 Å². The van der Waals surface area contributed by atoms with Gasteiger partial charge in [-0.15, -0.1) is 0 Å². The number of hydrogen-bond donors (Lipinski definition) is 2. The topological polar surface area (TPSA) is 89.0 Å². The number of halogens is 5. The highest BCUT2D eigenvalue weighted by Gasteiger charge is 2.29. The molecule has 0 saturated heterocycles. The van der Waals surface area contributed by atoms with Crippen molar-refractivity contribution < 1.29 is 31.5 Å². The van der Waals surface area contributed by atoms with E-state index in [1.54, 1.807) is 6.92 Å². The summed E-state index contributed by atoms with van der Waals surface area (Å²) in [6.45, 7) is 0.0737. The summed E-state index contributed by atoms with van der Waals surface area (Å²) in [7, 11) is 0. The number of nitrogens with one attached hydrogen (secondary N) is 2. The largest absolute Gasteiger partial charge is 0.482 e. The molecule has 2 heterocycles. The Morgan fingerprint density at radius 1 is 1.12 bits per heavy atom. The average molecular weight is 453 g/mol. The average Bonchev–Trinajstić information content (AvgIpc) is 2.72. The van der Waals surface area contributed by atoms with Crippen molar-refractivity contribution in [2.75, 3.05) is 17.2 Å². The van der Waals surface area contributed by atoms with E-state index in [1.165, 1.54) is 24.5 Å². The summed E-state index contributed by atoms with van der Waals surface area (Å²) in [4.78, 5) is 24.3. The van der Waals surface area contributed by atoms with Gasteiger partial charge in [0.2, 0.25) is 5.95 Å². The van der Waals surface area contributed by atoms with Crippen molar-refractivity contribution in [1.82, 2.24) is 15.0 Å². The van der Waals surface area contributed by atoms with Gasteiger partial charge in [-0.25, -0.2) is 18.7 Å². The van der Waals surface area contributed by atoms with Crippen LogP contribution in [0.25, 0.3) is 0 Å². The molecule has 1 atom stereocenters. The third-order valence-corrected chi connectivity index (χ3v) is 4.04. The lowest BCUT2D eigenvalue weighted by molar-refractivity contribution is -0.153. The number of hydrogen-bond acceptors (Lipinski definition) is 6. The van der Waals surface area contributed by atoms with Crippen molar-refractivity contribution in [2.24, 2.45) is 0 Å². The molecular weight excluding hydrogens is 437 g/mol. The third-order valence-electron chi connectivity index (χ3n) is 4.04. The van der Waals surface area contributed by atoms with Crippen molar-refractivity contribution in [2.45, 2.75) is 19.1 Å². The quantitative estimate of drug-likeness (QED) is 0.512. The molecule has 0 fully saturated rings. The van der Waals surface area contributed by atoms with Gasteiger partial charge in [-0.3, -0.25) is 9.78 Å². The molecule has 1 aromatic carbocycles. The molecule has 0 aliphatic carbocycles. The van der Waals surface area contributed by atoms with E-state index in [1.807, 2.05) is 0 Å². The Kier molecular flexibility index (Phi) is 6.81. The van der Waals surface area contributed by atoms with Crippen LogP contribution in [0.3, 0.4) is 0 Å². The minimum atomic E-state index is -4.56. The van der Waals surface area contributed by atoms with Crippen molar-refractivity contribution in [3.63, 3.8) is 0 Å². The fraction of sp³-hybridized carbons (Fsp3) is 0.200.